The Bertz CT molecular complexity index is 499. The van der Waals surface area contributed by atoms with Gasteiger partial charge in [-0.3, -0.25) is 4.90 Å². The molecule has 126 valence electrons. The molecular formula is C20H27Cl2N. The first-order valence-corrected chi connectivity index (χ1v) is 8.72. The molecule has 0 radical (unpaired) electrons. The molecule has 0 fully saturated rings. The Labute approximate surface area is 152 Å². The van der Waals surface area contributed by atoms with Gasteiger partial charge in [0.25, 0.3) is 0 Å². The molecule has 2 rings (SSSR count). The van der Waals surface area contributed by atoms with Crippen LogP contribution < -0.4 is 0 Å². The summed E-state index contributed by atoms with van der Waals surface area (Å²) in [5, 5.41) is 0. The fourth-order valence-corrected chi connectivity index (χ4v) is 2.85. The van der Waals surface area contributed by atoms with E-state index in [0.29, 0.717) is 5.88 Å². The van der Waals surface area contributed by atoms with E-state index in [2.05, 4.69) is 67.3 Å². The van der Waals surface area contributed by atoms with Crippen LogP contribution in [0.3, 0.4) is 0 Å². The van der Waals surface area contributed by atoms with Gasteiger partial charge in [0.05, 0.1) is 0 Å². The third-order valence-corrected chi connectivity index (χ3v) is 4.24. The maximum Gasteiger partial charge on any atom is 0.0351 e. The molecule has 1 nitrogen and oxygen atoms in total. The van der Waals surface area contributed by atoms with Gasteiger partial charge in [-0.15, -0.1) is 24.0 Å². The second-order valence-electron chi connectivity index (χ2n) is 5.74. The van der Waals surface area contributed by atoms with Crippen LogP contribution in [0, 0.1) is 0 Å². The second kappa shape index (κ2) is 10.7. The summed E-state index contributed by atoms with van der Waals surface area (Å²) < 4.78 is 0. The maximum atomic E-state index is 5.98. The SMILES string of the molecule is CCc1ccc(CN(CCCl)Cc2ccc(CC)cc2)cc1.Cl. The topological polar surface area (TPSA) is 3.24 Å². The van der Waals surface area contributed by atoms with Crippen LogP contribution in [-0.2, 0) is 25.9 Å². The van der Waals surface area contributed by atoms with Crippen molar-refractivity contribution >= 4 is 24.0 Å². The standard InChI is InChI=1S/C20H26ClN.ClH/c1-3-17-5-9-19(10-6-17)15-22(14-13-21)16-20-11-7-18(4-2)8-12-20;/h5-12H,3-4,13-16H2,1-2H3;1H. The van der Waals surface area contributed by atoms with Gasteiger partial charge in [-0.1, -0.05) is 62.4 Å². The lowest BCUT2D eigenvalue weighted by Crippen LogP contribution is -2.25. The Hall–Kier alpha value is -1.02. The monoisotopic (exact) mass is 351 g/mol. The number of alkyl halides is 1. The minimum Gasteiger partial charge on any atom is -0.294 e. The molecule has 23 heavy (non-hydrogen) atoms. The number of hydrogen-bond donors (Lipinski definition) is 0. The van der Waals surface area contributed by atoms with Crippen molar-refractivity contribution in [2.75, 3.05) is 12.4 Å². The molecule has 2 aromatic rings. The number of halogens is 2. The zero-order chi connectivity index (χ0) is 15.8. The fourth-order valence-electron chi connectivity index (χ4n) is 2.61. The van der Waals surface area contributed by atoms with E-state index in [0.717, 1.165) is 32.5 Å². The molecule has 0 amide bonds. The molecule has 2 aromatic carbocycles. The quantitative estimate of drug-likeness (QED) is 0.569. The zero-order valence-electron chi connectivity index (χ0n) is 14.1. The van der Waals surface area contributed by atoms with Crippen molar-refractivity contribution in [2.24, 2.45) is 0 Å². The third-order valence-electron chi connectivity index (χ3n) is 4.08. The summed E-state index contributed by atoms with van der Waals surface area (Å²) in [5.74, 6) is 0.667. The smallest absolute Gasteiger partial charge is 0.0351 e. The maximum absolute atomic E-state index is 5.98. The Morgan fingerprint density at radius 2 is 1.04 bits per heavy atom. The molecule has 0 aliphatic heterocycles. The Morgan fingerprint density at radius 3 is 1.35 bits per heavy atom. The van der Waals surface area contributed by atoms with E-state index in [4.69, 9.17) is 11.6 Å². The van der Waals surface area contributed by atoms with Crippen LogP contribution >= 0.6 is 24.0 Å². The van der Waals surface area contributed by atoms with Gasteiger partial charge in [-0.05, 0) is 35.1 Å². The average Bonchev–Trinajstić information content (AvgIpc) is 2.56. The average molecular weight is 352 g/mol. The highest BCUT2D eigenvalue weighted by Crippen LogP contribution is 2.13. The molecule has 0 N–H and O–H groups in total. The second-order valence-corrected chi connectivity index (χ2v) is 6.12. The summed E-state index contributed by atoms with van der Waals surface area (Å²) in [5.41, 5.74) is 5.49. The summed E-state index contributed by atoms with van der Waals surface area (Å²) >= 11 is 5.98. The Morgan fingerprint density at radius 1 is 0.696 bits per heavy atom. The van der Waals surface area contributed by atoms with Crippen molar-refractivity contribution < 1.29 is 0 Å². The molecule has 0 heterocycles. The van der Waals surface area contributed by atoms with Crippen molar-refractivity contribution in [2.45, 2.75) is 39.8 Å². The van der Waals surface area contributed by atoms with E-state index < -0.39 is 0 Å². The number of aryl methyl sites for hydroxylation is 2. The van der Waals surface area contributed by atoms with Gasteiger partial charge in [-0.2, -0.15) is 0 Å². The molecule has 0 bridgehead atoms. The van der Waals surface area contributed by atoms with Crippen LogP contribution in [0.25, 0.3) is 0 Å². The van der Waals surface area contributed by atoms with E-state index in [-0.39, 0.29) is 12.4 Å². The predicted molar refractivity (Wildman–Crippen MR) is 104 cm³/mol. The summed E-state index contributed by atoms with van der Waals surface area (Å²) in [6, 6.07) is 17.9. The highest BCUT2D eigenvalue weighted by molar-refractivity contribution is 6.18. The molecule has 0 saturated carbocycles. The number of nitrogens with zero attached hydrogens (tertiary/aromatic N) is 1. The first-order chi connectivity index (χ1) is 10.7. The molecule has 0 spiro atoms. The van der Waals surface area contributed by atoms with E-state index in [1.165, 1.54) is 22.3 Å². The summed E-state index contributed by atoms with van der Waals surface area (Å²) in [6.45, 7) is 7.19. The molecule has 3 heteroatoms. The van der Waals surface area contributed by atoms with E-state index >= 15 is 0 Å². The first-order valence-electron chi connectivity index (χ1n) is 8.19. The molecule has 0 saturated heterocycles. The lowest BCUT2D eigenvalue weighted by molar-refractivity contribution is 0.273. The molecule has 0 unspecified atom stereocenters. The Kier molecular flexibility index (Phi) is 9.31. The number of hydrogen-bond acceptors (Lipinski definition) is 1. The van der Waals surface area contributed by atoms with Crippen LogP contribution in [0.1, 0.15) is 36.1 Å². The normalized spacial score (nSPS) is 10.6. The van der Waals surface area contributed by atoms with E-state index in [9.17, 15) is 0 Å². The molecular weight excluding hydrogens is 325 g/mol. The summed E-state index contributed by atoms with van der Waals surface area (Å²) in [7, 11) is 0. The van der Waals surface area contributed by atoms with Gasteiger partial charge in [0.2, 0.25) is 0 Å². The fraction of sp³-hybridized carbons (Fsp3) is 0.400. The van der Waals surface area contributed by atoms with Gasteiger partial charge < -0.3 is 0 Å². The minimum atomic E-state index is 0. The van der Waals surface area contributed by atoms with Gasteiger partial charge >= 0.3 is 0 Å². The highest BCUT2D eigenvalue weighted by atomic mass is 35.5. The van der Waals surface area contributed by atoms with Crippen molar-refractivity contribution in [1.82, 2.24) is 4.90 Å². The van der Waals surface area contributed by atoms with Crippen molar-refractivity contribution in [3.63, 3.8) is 0 Å². The van der Waals surface area contributed by atoms with Crippen LogP contribution in [-0.4, -0.2) is 17.3 Å². The van der Waals surface area contributed by atoms with Crippen molar-refractivity contribution in [3.05, 3.63) is 70.8 Å². The third kappa shape index (κ3) is 6.55. The molecule has 0 aromatic heterocycles. The summed E-state index contributed by atoms with van der Waals surface area (Å²) in [4.78, 5) is 2.41. The number of rotatable bonds is 8. The first kappa shape index (κ1) is 20.0. The Balaban J connectivity index is 0.00000264. The number of benzene rings is 2. The minimum absolute atomic E-state index is 0. The summed E-state index contributed by atoms with van der Waals surface area (Å²) in [6.07, 6.45) is 2.19. The van der Waals surface area contributed by atoms with E-state index in [1.807, 2.05) is 0 Å². The van der Waals surface area contributed by atoms with Gasteiger partial charge in [0.1, 0.15) is 0 Å². The zero-order valence-corrected chi connectivity index (χ0v) is 15.7. The van der Waals surface area contributed by atoms with Gasteiger partial charge in [0, 0.05) is 25.5 Å². The van der Waals surface area contributed by atoms with Crippen LogP contribution in [0.5, 0.6) is 0 Å². The van der Waals surface area contributed by atoms with Crippen LogP contribution in [0.4, 0.5) is 0 Å². The van der Waals surface area contributed by atoms with Crippen molar-refractivity contribution in [1.29, 1.82) is 0 Å². The lowest BCUT2D eigenvalue weighted by Gasteiger charge is -2.21. The van der Waals surface area contributed by atoms with Crippen LogP contribution in [0.15, 0.2) is 48.5 Å². The van der Waals surface area contributed by atoms with Crippen molar-refractivity contribution in [3.8, 4) is 0 Å². The lowest BCUT2D eigenvalue weighted by atomic mass is 10.1. The predicted octanol–water partition coefficient (Wildman–Crippen LogP) is 5.47. The molecule has 0 aliphatic carbocycles. The van der Waals surface area contributed by atoms with Crippen LogP contribution in [0.2, 0.25) is 0 Å². The van der Waals surface area contributed by atoms with Gasteiger partial charge in [-0.25, -0.2) is 0 Å². The largest absolute Gasteiger partial charge is 0.294 e. The van der Waals surface area contributed by atoms with E-state index in [1.54, 1.807) is 0 Å². The molecule has 0 aliphatic rings. The highest BCUT2D eigenvalue weighted by Gasteiger charge is 2.07. The van der Waals surface area contributed by atoms with Gasteiger partial charge in [0.15, 0.2) is 0 Å². The molecule has 0 atom stereocenters.